The quantitative estimate of drug-likeness (QED) is 0.520. The topological polar surface area (TPSA) is 71.1 Å². The average Bonchev–Trinajstić information content (AvgIpc) is 3.22. The van der Waals surface area contributed by atoms with Crippen LogP contribution in [0.1, 0.15) is 74.1 Å². The van der Waals surface area contributed by atoms with E-state index in [2.05, 4.69) is 27.7 Å². The van der Waals surface area contributed by atoms with Crippen molar-refractivity contribution in [1.29, 1.82) is 0 Å². The van der Waals surface area contributed by atoms with Gasteiger partial charge in [0.05, 0.1) is 19.3 Å². The largest absolute Gasteiger partial charge is 0.465 e. The molecule has 0 radical (unpaired) electrons. The van der Waals surface area contributed by atoms with E-state index in [9.17, 15) is 9.59 Å². The van der Waals surface area contributed by atoms with Crippen molar-refractivity contribution in [2.45, 2.75) is 91.6 Å². The van der Waals surface area contributed by atoms with Gasteiger partial charge >= 0.3 is 11.9 Å². The van der Waals surface area contributed by atoms with E-state index in [1.165, 1.54) is 0 Å². The van der Waals surface area contributed by atoms with Crippen molar-refractivity contribution >= 4 is 11.9 Å². The van der Waals surface area contributed by atoms with E-state index in [4.69, 9.17) is 18.9 Å². The second-order valence-corrected chi connectivity index (χ2v) is 10.6. The van der Waals surface area contributed by atoms with Crippen molar-refractivity contribution < 1.29 is 28.5 Å². The molecule has 0 amide bonds. The molecule has 2 unspecified atom stereocenters. The third-order valence-corrected chi connectivity index (χ3v) is 9.31. The summed E-state index contributed by atoms with van der Waals surface area (Å²) in [7, 11) is 0. The molecule has 29 heavy (non-hydrogen) atoms. The molecular formula is C23H36O6. The minimum atomic E-state index is -1.37. The molecule has 1 saturated heterocycles. The van der Waals surface area contributed by atoms with Crippen LogP contribution < -0.4 is 0 Å². The highest BCUT2D eigenvalue weighted by molar-refractivity contribution is 6.00. The van der Waals surface area contributed by atoms with Crippen LogP contribution in [0.25, 0.3) is 0 Å². The van der Waals surface area contributed by atoms with Crippen molar-refractivity contribution in [3.8, 4) is 0 Å². The van der Waals surface area contributed by atoms with Gasteiger partial charge < -0.3 is 18.9 Å². The number of fused-ring (bicyclic) bond motifs is 5. The SMILES string of the molecule is CCOC(=O)C1(C(=O)OCC)C[C@@H](C)C2(C1)OC1[C@H]3CC[C@](C)(C3(C)C)[C@]1(C)O2. The lowest BCUT2D eigenvalue weighted by atomic mass is 9.65. The first-order valence-corrected chi connectivity index (χ1v) is 11.2. The van der Waals surface area contributed by atoms with Crippen LogP contribution in [0.15, 0.2) is 0 Å². The summed E-state index contributed by atoms with van der Waals surface area (Å²) in [6.07, 6.45) is 2.68. The molecule has 4 aliphatic rings. The Morgan fingerprint density at radius 2 is 1.62 bits per heavy atom. The second-order valence-electron chi connectivity index (χ2n) is 10.6. The van der Waals surface area contributed by atoms with Crippen LogP contribution in [0.5, 0.6) is 0 Å². The molecule has 0 N–H and O–H groups in total. The highest BCUT2D eigenvalue weighted by Crippen LogP contribution is 2.75. The normalized spacial score (nSPS) is 46.1. The van der Waals surface area contributed by atoms with Gasteiger partial charge in [0.15, 0.2) is 11.2 Å². The highest BCUT2D eigenvalue weighted by atomic mass is 16.8. The first-order valence-electron chi connectivity index (χ1n) is 11.2. The van der Waals surface area contributed by atoms with Gasteiger partial charge in [0.1, 0.15) is 5.60 Å². The second kappa shape index (κ2) is 6.19. The van der Waals surface area contributed by atoms with Crippen LogP contribution >= 0.6 is 0 Å². The van der Waals surface area contributed by atoms with E-state index in [-0.39, 0.29) is 42.5 Å². The van der Waals surface area contributed by atoms with Gasteiger partial charge in [-0.05, 0) is 51.4 Å². The molecule has 1 aliphatic heterocycles. The third-order valence-electron chi connectivity index (χ3n) is 9.31. The molecule has 3 saturated carbocycles. The van der Waals surface area contributed by atoms with Crippen molar-refractivity contribution in [1.82, 2.24) is 0 Å². The Morgan fingerprint density at radius 1 is 1.03 bits per heavy atom. The molecule has 6 nitrogen and oxygen atoms in total. The predicted octanol–water partition coefficient (Wildman–Crippen LogP) is 3.86. The molecule has 1 heterocycles. The van der Waals surface area contributed by atoms with Crippen LogP contribution in [0.4, 0.5) is 0 Å². The van der Waals surface area contributed by atoms with Crippen LogP contribution in [0.2, 0.25) is 0 Å². The molecular weight excluding hydrogens is 372 g/mol. The van der Waals surface area contributed by atoms with E-state index in [1.807, 2.05) is 6.92 Å². The van der Waals surface area contributed by atoms with Gasteiger partial charge in [-0.2, -0.15) is 0 Å². The van der Waals surface area contributed by atoms with Crippen LogP contribution in [-0.2, 0) is 28.5 Å². The molecule has 4 fully saturated rings. The van der Waals surface area contributed by atoms with E-state index in [1.54, 1.807) is 13.8 Å². The number of carbonyl (C=O) groups is 2. The maximum absolute atomic E-state index is 13.0. The molecule has 2 bridgehead atoms. The van der Waals surface area contributed by atoms with E-state index < -0.39 is 28.7 Å². The number of carbonyl (C=O) groups excluding carboxylic acids is 2. The number of rotatable bonds is 4. The number of esters is 2. The van der Waals surface area contributed by atoms with E-state index >= 15 is 0 Å². The van der Waals surface area contributed by atoms with E-state index in [0.29, 0.717) is 12.3 Å². The van der Waals surface area contributed by atoms with Gasteiger partial charge in [0, 0.05) is 17.8 Å². The number of ether oxygens (including phenoxy) is 4. The summed E-state index contributed by atoms with van der Waals surface area (Å²) >= 11 is 0. The summed E-state index contributed by atoms with van der Waals surface area (Å²) in [6.45, 7) is 15.1. The maximum atomic E-state index is 13.0. The zero-order valence-corrected chi connectivity index (χ0v) is 18.9. The summed E-state index contributed by atoms with van der Waals surface area (Å²) in [5.74, 6) is -1.72. The lowest BCUT2D eigenvalue weighted by Crippen LogP contribution is -2.51. The maximum Gasteiger partial charge on any atom is 0.323 e. The summed E-state index contributed by atoms with van der Waals surface area (Å²) in [5.41, 5.74) is -1.70. The molecule has 3 aliphatic carbocycles. The molecule has 4 rings (SSSR count). The Kier molecular flexibility index (Phi) is 4.51. The Labute approximate surface area is 174 Å². The Bertz CT molecular complexity index is 713. The van der Waals surface area contributed by atoms with Crippen molar-refractivity contribution in [2.24, 2.45) is 28.1 Å². The van der Waals surface area contributed by atoms with Gasteiger partial charge in [0.25, 0.3) is 0 Å². The minimum Gasteiger partial charge on any atom is -0.465 e. The van der Waals surface area contributed by atoms with Gasteiger partial charge in [-0.25, -0.2) is 0 Å². The first-order chi connectivity index (χ1) is 13.4. The summed E-state index contributed by atoms with van der Waals surface area (Å²) < 4.78 is 24.3. The number of hydrogen-bond acceptors (Lipinski definition) is 6. The monoisotopic (exact) mass is 408 g/mol. The smallest absolute Gasteiger partial charge is 0.323 e. The van der Waals surface area contributed by atoms with Crippen molar-refractivity contribution in [3.63, 3.8) is 0 Å². The van der Waals surface area contributed by atoms with Crippen molar-refractivity contribution in [2.75, 3.05) is 13.2 Å². The first kappa shape index (κ1) is 21.1. The number of hydrogen-bond donors (Lipinski definition) is 0. The standard InChI is InChI=1S/C23H36O6/c1-8-26-17(24)22(18(25)27-9-2)12-14(3)23(13-22)28-16-15-10-11-20(6,19(15,4)5)21(16,7)29-23/h14-16H,8-13H2,1-7H3/t14-,15-,16?,20-,21-,23?/m1/s1. The van der Waals surface area contributed by atoms with Crippen LogP contribution in [0, 0.1) is 28.1 Å². The van der Waals surface area contributed by atoms with Crippen molar-refractivity contribution in [3.05, 3.63) is 0 Å². The fourth-order valence-corrected chi connectivity index (χ4v) is 7.19. The zero-order valence-electron chi connectivity index (χ0n) is 18.9. The fraction of sp³-hybridized carbons (Fsp3) is 0.913. The predicted molar refractivity (Wildman–Crippen MR) is 106 cm³/mol. The molecule has 6 atom stereocenters. The minimum absolute atomic E-state index is 0.0162. The lowest BCUT2D eigenvalue weighted by Gasteiger charge is -2.46. The van der Waals surface area contributed by atoms with Gasteiger partial charge in [-0.3, -0.25) is 9.59 Å². The fourth-order valence-electron chi connectivity index (χ4n) is 7.19. The van der Waals surface area contributed by atoms with Gasteiger partial charge in [0.2, 0.25) is 0 Å². The summed E-state index contributed by atoms with van der Waals surface area (Å²) in [6, 6.07) is 0. The van der Waals surface area contributed by atoms with Gasteiger partial charge in [-0.15, -0.1) is 0 Å². The zero-order chi connectivity index (χ0) is 21.5. The molecule has 1 spiro atoms. The Balaban J connectivity index is 1.71. The molecule has 6 heteroatoms. The molecule has 164 valence electrons. The molecule has 0 aromatic heterocycles. The highest BCUT2D eigenvalue weighted by Gasteiger charge is 2.80. The lowest BCUT2D eigenvalue weighted by molar-refractivity contribution is -0.240. The Morgan fingerprint density at radius 3 is 2.14 bits per heavy atom. The van der Waals surface area contributed by atoms with E-state index in [0.717, 1.165) is 12.8 Å². The molecule has 0 aromatic carbocycles. The van der Waals surface area contributed by atoms with Crippen LogP contribution in [-0.4, -0.2) is 42.6 Å². The molecule has 0 aromatic rings. The third kappa shape index (κ3) is 2.31. The Hall–Kier alpha value is -1.14. The van der Waals surface area contributed by atoms with Gasteiger partial charge in [-0.1, -0.05) is 27.7 Å². The summed E-state index contributed by atoms with van der Waals surface area (Å²) in [5, 5.41) is 0. The average molecular weight is 409 g/mol. The van der Waals surface area contributed by atoms with Crippen LogP contribution in [0.3, 0.4) is 0 Å². The summed E-state index contributed by atoms with van der Waals surface area (Å²) in [4.78, 5) is 25.9.